The Labute approximate surface area is 256 Å². The zero-order valence-corrected chi connectivity index (χ0v) is 27.5. The molecule has 0 aliphatic heterocycles. The fraction of sp³-hybridized carbons (Fsp3) is 0.794. The van der Waals surface area contributed by atoms with Crippen molar-refractivity contribution in [1.82, 2.24) is 0 Å². The van der Waals surface area contributed by atoms with Crippen LogP contribution in [0.4, 0.5) is 0 Å². The number of hydrogen-bond donors (Lipinski definition) is 1. The van der Waals surface area contributed by atoms with Gasteiger partial charge in [0.05, 0.1) is 34.4 Å². The summed E-state index contributed by atoms with van der Waals surface area (Å²) in [5.74, 6) is -1.56. The highest BCUT2D eigenvalue weighted by atomic mass is 16.6. The molecule has 0 bridgehead atoms. The largest absolute Gasteiger partial charge is 0.477 e. The predicted octanol–water partition coefficient (Wildman–Crippen LogP) is 7.40. The molecule has 0 spiro atoms. The van der Waals surface area contributed by atoms with Gasteiger partial charge in [0.15, 0.2) is 12.1 Å². The van der Waals surface area contributed by atoms with E-state index in [9.17, 15) is 19.5 Å². The van der Waals surface area contributed by atoms with Crippen LogP contribution in [0.25, 0.3) is 0 Å². The summed E-state index contributed by atoms with van der Waals surface area (Å²) >= 11 is 0. The third kappa shape index (κ3) is 24.4. The van der Waals surface area contributed by atoms with E-state index in [1.807, 2.05) is 27.2 Å². The number of aliphatic carboxylic acids is 1. The predicted molar refractivity (Wildman–Crippen MR) is 169 cm³/mol. The van der Waals surface area contributed by atoms with E-state index in [0.29, 0.717) is 19.3 Å². The second-order valence-corrected chi connectivity index (χ2v) is 12.1. The van der Waals surface area contributed by atoms with Gasteiger partial charge in [0.2, 0.25) is 0 Å². The molecule has 1 N–H and O–H groups in total. The number of carboxylic acids is 1. The monoisotopic (exact) mass is 596 g/mol. The Kier molecular flexibility index (Phi) is 25.1. The van der Waals surface area contributed by atoms with Crippen LogP contribution in [0.5, 0.6) is 0 Å². The highest BCUT2D eigenvalue weighted by molar-refractivity contribution is 5.72. The van der Waals surface area contributed by atoms with Gasteiger partial charge < -0.3 is 23.8 Å². The zero-order valence-electron chi connectivity index (χ0n) is 27.5. The third-order valence-corrected chi connectivity index (χ3v) is 7.09. The van der Waals surface area contributed by atoms with Crippen LogP contribution in [0, 0.1) is 0 Å². The number of unbranched alkanes of at least 4 members (excludes halogenated alkanes) is 10. The van der Waals surface area contributed by atoms with Crippen molar-refractivity contribution in [2.75, 3.05) is 41.0 Å². The Morgan fingerprint density at radius 1 is 0.690 bits per heavy atom. The van der Waals surface area contributed by atoms with Crippen molar-refractivity contribution in [3.63, 3.8) is 0 Å². The summed E-state index contributed by atoms with van der Waals surface area (Å²) in [6, 6.07) is -0.615. The van der Waals surface area contributed by atoms with Crippen LogP contribution in [-0.2, 0) is 28.6 Å². The van der Waals surface area contributed by atoms with Gasteiger partial charge in [0.1, 0.15) is 6.61 Å². The number of carbonyl (C=O) groups excluding carboxylic acids is 2. The molecule has 0 saturated heterocycles. The number of carbonyl (C=O) groups is 3. The van der Waals surface area contributed by atoms with Crippen LogP contribution < -0.4 is 0 Å². The van der Waals surface area contributed by atoms with E-state index in [0.717, 1.165) is 44.9 Å². The molecule has 0 aliphatic rings. The van der Waals surface area contributed by atoms with E-state index in [1.165, 1.54) is 38.5 Å². The first-order valence-corrected chi connectivity index (χ1v) is 16.4. The Hall–Kier alpha value is -2.19. The number of allylic oxidation sites excluding steroid dienone is 4. The second-order valence-electron chi connectivity index (χ2n) is 12.1. The molecule has 8 nitrogen and oxygen atoms in total. The summed E-state index contributed by atoms with van der Waals surface area (Å²) in [4.78, 5) is 36.4. The fourth-order valence-corrected chi connectivity index (χ4v) is 4.44. The van der Waals surface area contributed by atoms with Gasteiger partial charge in [-0.2, -0.15) is 0 Å². The Morgan fingerprint density at radius 2 is 1.26 bits per heavy atom. The van der Waals surface area contributed by atoms with Crippen molar-refractivity contribution in [2.45, 2.75) is 135 Å². The molecule has 0 rings (SSSR count). The molecule has 0 amide bonds. The number of quaternary nitrogens is 1. The molecule has 0 fully saturated rings. The van der Waals surface area contributed by atoms with Crippen LogP contribution in [0.15, 0.2) is 24.3 Å². The van der Waals surface area contributed by atoms with Crippen molar-refractivity contribution in [3.05, 3.63) is 24.3 Å². The molecule has 42 heavy (non-hydrogen) atoms. The van der Waals surface area contributed by atoms with Gasteiger partial charge in [-0.15, -0.1) is 0 Å². The molecule has 8 heteroatoms. The van der Waals surface area contributed by atoms with Gasteiger partial charge >= 0.3 is 17.9 Å². The van der Waals surface area contributed by atoms with Crippen LogP contribution in [0.2, 0.25) is 0 Å². The molecule has 244 valence electrons. The quantitative estimate of drug-likeness (QED) is 0.0435. The summed E-state index contributed by atoms with van der Waals surface area (Å²) in [7, 11) is 5.48. The van der Waals surface area contributed by atoms with Crippen molar-refractivity contribution in [1.29, 1.82) is 0 Å². The second kappa shape index (κ2) is 26.4. The van der Waals surface area contributed by atoms with Gasteiger partial charge in [-0.05, 0) is 44.9 Å². The van der Waals surface area contributed by atoms with E-state index in [4.69, 9.17) is 14.2 Å². The van der Waals surface area contributed by atoms with Crippen molar-refractivity contribution in [3.8, 4) is 0 Å². The van der Waals surface area contributed by atoms with Crippen LogP contribution in [0.1, 0.15) is 123 Å². The summed E-state index contributed by atoms with van der Waals surface area (Å²) in [6.07, 6.45) is 23.9. The van der Waals surface area contributed by atoms with Gasteiger partial charge in [0, 0.05) is 19.3 Å². The van der Waals surface area contributed by atoms with Crippen LogP contribution in [0.3, 0.4) is 0 Å². The lowest BCUT2D eigenvalue weighted by atomic mass is 10.1. The van der Waals surface area contributed by atoms with Crippen molar-refractivity contribution >= 4 is 17.9 Å². The Balaban J connectivity index is 4.55. The van der Waals surface area contributed by atoms with Crippen LogP contribution in [-0.4, -0.2) is 80.6 Å². The van der Waals surface area contributed by atoms with E-state index in [-0.39, 0.29) is 42.7 Å². The molecule has 2 atom stereocenters. The molecule has 2 unspecified atom stereocenters. The lowest BCUT2D eigenvalue weighted by molar-refractivity contribution is -0.887. The number of hydrogen-bond acceptors (Lipinski definition) is 6. The SMILES string of the molecule is CCCC/C=C/CCCCCCCC(=O)OC(COCCC(C(=O)O)[N+](C)(C)C)COC(=O)CC/C=C/CCCCC. The molecule has 0 radical (unpaired) electrons. The normalized spacial score (nSPS) is 13.5. The minimum atomic E-state index is -0.883. The van der Waals surface area contributed by atoms with Gasteiger partial charge in [-0.25, -0.2) is 4.79 Å². The lowest BCUT2D eigenvalue weighted by Gasteiger charge is -2.31. The third-order valence-electron chi connectivity index (χ3n) is 7.09. The molecule has 0 heterocycles. The van der Waals surface area contributed by atoms with Gasteiger partial charge in [-0.1, -0.05) is 83.1 Å². The maximum atomic E-state index is 12.5. The first kappa shape index (κ1) is 39.8. The zero-order chi connectivity index (χ0) is 31.5. The molecule has 0 saturated carbocycles. The summed E-state index contributed by atoms with van der Waals surface area (Å²) in [6.45, 7) is 4.55. The average molecular weight is 597 g/mol. The first-order chi connectivity index (χ1) is 20.1. The number of esters is 2. The van der Waals surface area contributed by atoms with Crippen molar-refractivity contribution in [2.24, 2.45) is 0 Å². The molecular weight excluding hydrogens is 534 g/mol. The maximum absolute atomic E-state index is 12.5. The first-order valence-electron chi connectivity index (χ1n) is 16.4. The molecule has 0 aromatic carbocycles. The van der Waals surface area contributed by atoms with E-state index >= 15 is 0 Å². The standard InChI is InChI=1S/C34H61NO7/c1-6-8-10-12-14-15-16-17-19-21-23-25-33(37)42-30(28-40-27-26-31(34(38)39)35(3,4)5)29-41-32(36)24-22-20-18-13-11-9-7-2/h12,14,18,20,30-31H,6-11,13,15-17,19,21-29H2,1-5H3/p+1/b14-12+,20-18+. The highest BCUT2D eigenvalue weighted by Gasteiger charge is 2.31. The van der Waals surface area contributed by atoms with E-state index < -0.39 is 18.1 Å². The number of carboxylic acid groups (broad SMARTS) is 1. The Morgan fingerprint density at radius 3 is 1.88 bits per heavy atom. The smallest absolute Gasteiger partial charge is 0.362 e. The molecule has 0 aliphatic carbocycles. The van der Waals surface area contributed by atoms with Gasteiger partial charge in [-0.3, -0.25) is 9.59 Å². The molecule has 0 aromatic heterocycles. The van der Waals surface area contributed by atoms with Crippen LogP contribution >= 0.6 is 0 Å². The number of rotatable bonds is 28. The van der Waals surface area contributed by atoms with E-state index in [1.54, 1.807) is 0 Å². The fourth-order valence-electron chi connectivity index (χ4n) is 4.44. The maximum Gasteiger partial charge on any atom is 0.362 e. The number of nitrogens with zero attached hydrogens (tertiary/aromatic N) is 1. The van der Waals surface area contributed by atoms with E-state index in [2.05, 4.69) is 32.1 Å². The Bertz CT molecular complexity index is 757. The minimum Gasteiger partial charge on any atom is -0.477 e. The summed E-state index contributed by atoms with van der Waals surface area (Å²) < 4.78 is 17.0. The lowest BCUT2D eigenvalue weighted by Crippen LogP contribution is -2.50. The number of likely N-dealkylation sites (N-methyl/N-ethyl adjacent to an activating group) is 1. The van der Waals surface area contributed by atoms with Gasteiger partial charge in [0.25, 0.3) is 0 Å². The average Bonchev–Trinajstić information content (AvgIpc) is 2.92. The minimum absolute atomic E-state index is 0.0472. The molecule has 0 aromatic rings. The highest BCUT2D eigenvalue weighted by Crippen LogP contribution is 2.12. The van der Waals surface area contributed by atoms with Crippen molar-refractivity contribution < 1.29 is 38.2 Å². The number of ether oxygens (including phenoxy) is 3. The summed E-state index contributed by atoms with van der Waals surface area (Å²) in [5.41, 5.74) is 0. The molecular formula is C34H62NO7+. The topological polar surface area (TPSA) is 99.1 Å². The summed E-state index contributed by atoms with van der Waals surface area (Å²) in [5, 5.41) is 9.52.